The van der Waals surface area contributed by atoms with Gasteiger partial charge in [0.25, 0.3) is 0 Å². The molecule has 1 amide bonds. The van der Waals surface area contributed by atoms with Gasteiger partial charge in [-0.05, 0) is 30.9 Å². The van der Waals surface area contributed by atoms with E-state index in [1.54, 1.807) is 24.3 Å². The first-order valence-corrected chi connectivity index (χ1v) is 10.3. The van der Waals surface area contributed by atoms with Crippen LogP contribution in [0.2, 0.25) is 0 Å². The van der Waals surface area contributed by atoms with E-state index in [0.29, 0.717) is 34.8 Å². The zero-order valence-electron chi connectivity index (χ0n) is 15.6. The second kappa shape index (κ2) is 9.08. The van der Waals surface area contributed by atoms with Crippen LogP contribution < -0.4 is 5.32 Å². The van der Waals surface area contributed by atoms with Crippen molar-refractivity contribution in [3.63, 3.8) is 0 Å². The fraction of sp³-hybridized carbons (Fsp3) is 0.450. The van der Waals surface area contributed by atoms with Crippen molar-refractivity contribution in [1.82, 2.24) is 20.1 Å². The van der Waals surface area contributed by atoms with Gasteiger partial charge < -0.3 is 10.4 Å². The first kappa shape index (κ1) is 19.5. The molecule has 1 aliphatic rings. The molecule has 1 heterocycles. The Morgan fingerprint density at radius 1 is 1.37 bits per heavy atom. The molecule has 0 radical (unpaired) electrons. The largest absolute Gasteiger partial charge is 0.507 e. The molecule has 7 heteroatoms. The Labute approximate surface area is 164 Å². The third kappa shape index (κ3) is 4.71. The predicted molar refractivity (Wildman–Crippen MR) is 108 cm³/mol. The molecule has 1 fully saturated rings. The van der Waals surface area contributed by atoms with Gasteiger partial charge in [0, 0.05) is 12.6 Å². The average Bonchev–Trinajstić information content (AvgIpc) is 3.05. The van der Waals surface area contributed by atoms with Crippen LogP contribution in [0.5, 0.6) is 5.75 Å². The third-order valence-electron chi connectivity index (χ3n) is 4.96. The SMILES string of the molecule is C=CCn1c(SCC(=O)N[C@H]2CCCC[C@H]2C)nnc1-c1ccccc1O. The Morgan fingerprint density at radius 2 is 2.15 bits per heavy atom. The second-order valence-corrected chi connectivity index (χ2v) is 7.89. The van der Waals surface area contributed by atoms with Crippen molar-refractivity contribution < 1.29 is 9.90 Å². The number of carbonyl (C=O) groups is 1. The van der Waals surface area contributed by atoms with E-state index in [4.69, 9.17) is 0 Å². The highest BCUT2D eigenvalue weighted by atomic mass is 32.2. The van der Waals surface area contributed by atoms with E-state index in [9.17, 15) is 9.90 Å². The molecule has 2 aromatic rings. The molecule has 0 saturated heterocycles. The highest BCUT2D eigenvalue weighted by molar-refractivity contribution is 7.99. The molecule has 0 unspecified atom stereocenters. The van der Waals surface area contributed by atoms with E-state index in [1.165, 1.54) is 31.0 Å². The van der Waals surface area contributed by atoms with Crippen molar-refractivity contribution in [2.75, 3.05) is 5.75 Å². The lowest BCUT2D eigenvalue weighted by molar-refractivity contribution is -0.119. The number of hydrogen-bond donors (Lipinski definition) is 2. The van der Waals surface area contributed by atoms with Gasteiger partial charge in [-0.2, -0.15) is 0 Å². The van der Waals surface area contributed by atoms with E-state index in [2.05, 4.69) is 29.0 Å². The van der Waals surface area contributed by atoms with Gasteiger partial charge in [-0.25, -0.2) is 0 Å². The van der Waals surface area contributed by atoms with Crippen LogP contribution in [-0.2, 0) is 11.3 Å². The zero-order valence-corrected chi connectivity index (χ0v) is 16.4. The number of benzene rings is 1. The van der Waals surface area contributed by atoms with Crippen LogP contribution in [0.15, 0.2) is 42.1 Å². The lowest BCUT2D eigenvalue weighted by Gasteiger charge is -2.29. The maximum atomic E-state index is 12.4. The van der Waals surface area contributed by atoms with Crippen LogP contribution in [0.25, 0.3) is 11.4 Å². The number of phenolic OH excluding ortho intramolecular Hbond substituents is 1. The number of allylic oxidation sites excluding steroid dienone is 1. The highest BCUT2D eigenvalue weighted by Crippen LogP contribution is 2.30. The van der Waals surface area contributed by atoms with E-state index < -0.39 is 0 Å². The molecule has 1 saturated carbocycles. The second-order valence-electron chi connectivity index (χ2n) is 6.95. The number of aromatic hydroxyl groups is 1. The number of carbonyl (C=O) groups excluding carboxylic acids is 1. The normalized spacial score (nSPS) is 19.6. The van der Waals surface area contributed by atoms with Crippen LogP contribution in [0, 0.1) is 5.92 Å². The topological polar surface area (TPSA) is 80.0 Å². The average molecular weight is 387 g/mol. The van der Waals surface area contributed by atoms with Crippen LogP contribution in [0.3, 0.4) is 0 Å². The summed E-state index contributed by atoms with van der Waals surface area (Å²) in [7, 11) is 0. The summed E-state index contributed by atoms with van der Waals surface area (Å²) in [6.07, 6.45) is 6.42. The minimum atomic E-state index is 0.0241. The first-order valence-electron chi connectivity index (χ1n) is 9.34. The summed E-state index contributed by atoms with van der Waals surface area (Å²) in [5, 5.41) is 22.4. The predicted octanol–water partition coefficient (Wildman–Crippen LogP) is 3.62. The number of nitrogens with zero attached hydrogens (tertiary/aromatic N) is 3. The molecule has 1 aromatic heterocycles. The molecule has 0 bridgehead atoms. The number of thioether (sulfide) groups is 1. The third-order valence-corrected chi connectivity index (χ3v) is 5.93. The van der Waals surface area contributed by atoms with Gasteiger partial charge in [0.05, 0.1) is 11.3 Å². The van der Waals surface area contributed by atoms with Gasteiger partial charge in [-0.3, -0.25) is 9.36 Å². The minimum absolute atomic E-state index is 0.0241. The Balaban J connectivity index is 1.69. The van der Waals surface area contributed by atoms with Crippen molar-refractivity contribution in [2.45, 2.75) is 50.4 Å². The van der Waals surface area contributed by atoms with E-state index in [1.807, 2.05) is 10.6 Å². The van der Waals surface area contributed by atoms with E-state index in [0.717, 1.165) is 6.42 Å². The van der Waals surface area contributed by atoms with Crippen molar-refractivity contribution in [2.24, 2.45) is 5.92 Å². The number of amides is 1. The maximum Gasteiger partial charge on any atom is 0.230 e. The quantitative estimate of drug-likeness (QED) is 0.561. The fourth-order valence-corrected chi connectivity index (χ4v) is 4.22. The molecular formula is C20H26N4O2S. The summed E-state index contributed by atoms with van der Waals surface area (Å²) < 4.78 is 1.86. The zero-order chi connectivity index (χ0) is 19.2. The summed E-state index contributed by atoms with van der Waals surface area (Å²) in [6, 6.07) is 7.29. The molecule has 144 valence electrons. The summed E-state index contributed by atoms with van der Waals surface area (Å²) >= 11 is 1.35. The molecular weight excluding hydrogens is 360 g/mol. The van der Waals surface area contributed by atoms with Gasteiger partial charge in [0.1, 0.15) is 5.75 Å². The molecule has 1 aromatic carbocycles. The molecule has 27 heavy (non-hydrogen) atoms. The van der Waals surface area contributed by atoms with Gasteiger partial charge >= 0.3 is 0 Å². The standard InChI is InChI=1S/C20H26N4O2S/c1-3-12-24-19(15-9-5-7-11-17(15)25)22-23-20(24)27-13-18(26)21-16-10-6-4-8-14(16)2/h3,5,7,9,11,14,16,25H,1,4,6,8,10,12-13H2,2H3,(H,21,26)/t14-,16+/m1/s1. The summed E-state index contributed by atoms with van der Waals surface area (Å²) in [5.41, 5.74) is 0.610. The van der Waals surface area contributed by atoms with Gasteiger partial charge in [0.15, 0.2) is 11.0 Å². The summed E-state index contributed by atoms with van der Waals surface area (Å²) in [6.45, 7) is 6.49. The van der Waals surface area contributed by atoms with Crippen molar-refractivity contribution in [3.05, 3.63) is 36.9 Å². The first-order chi connectivity index (χ1) is 13.1. The number of nitrogens with one attached hydrogen (secondary N) is 1. The molecule has 1 aliphatic carbocycles. The minimum Gasteiger partial charge on any atom is -0.507 e. The number of phenols is 1. The number of para-hydroxylation sites is 1. The molecule has 2 atom stereocenters. The molecule has 0 aliphatic heterocycles. The van der Waals surface area contributed by atoms with Gasteiger partial charge in [0.2, 0.25) is 5.91 Å². The maximum absolute atomic E-state index is 12.4. The van der Waals surface area contributed by atoms with Crippen LogP contribution in [-0.4, -0.2) is 37.6 Å². The van der Waals surface area contributed by atoms with E-state index in [-0.39, 0.29) is 17.7 Å². The summed E-state index contributed by atoms with van der Waals surface area (Å²) in [4.78, 5) is 12.4. The lowest BCUT2D eigenvalue weighted by atomic mass is 9.86. The van der Waals surface area contributed by atoms with Gasteiger partial charge in [-0.15, -0.1) is 16.8 Å². The number of rotatable bonds is 7. The Morgan fingerprint density at radius 3 is 2.89 bits per heavy atom. The molecule has 0 spiro atoms. The monoisotopic (exact) mass is 386 g/mol. The molecule has 3 rings (SSSR count). The van der Waals surface area contributed by atoms with E-state index >= 15 is 0 Å². The summed E-state index contributed by atoms with van der Waals surface area (Å²) in [5.74, 6) is 1.56. The Hall–Kier alpha value is -2.28. The molecule has 6 nitrogen and oxygen atoms in total. The lowest BCUT2D eigenvalue weighted by Crippen LogP contribution is -2.41. The number of aromatic nitrogens is 3. The van der Waals surface area contributed by atoms with Crippen LogP contribution >= 0.6 is 11.8 Å². The van der Waals surface area contributed by atoms with Crippen LogP contribution in [0.4, 0.5) is 0 Å². The highest BCUT2D eigenvalue weighted by Gasteiger charge is 2.23. The van der Waals surface area contributed by atoms with Crippen LogP contribution in [0.1, 0.15) is 32.6 Å². The number of hydrogen-bond acceptors (Lipinski definition) is 5. The van der Waals surface area contributed by atoms with Gasteiger partial charge in [-0.1, -0.05) is 49.7 Å². The van der Waals surface area contributed by atoms with Crippen molar-refractivity contribution in [3.8, 4) is 17.1 Å². The smallest absolute Gasteiger partial charge is 0.230 e. The molecule has 2 N–H and O–H groups in total. The Kier molecular flexibility index (Phi) is 6.55. The Bertz CT molecular complexity index is 805. The van der Waals surface area contributed by atoms with Crippen molar-refractivity contribution >= 4 is 17.7 Å². The van der Waals surface area contributed by atoms with Crippen molar-refractivity contribution in [1.29, 1.82) is 0 Å². The fourth-order valence-electron chi connectivity index (χ4n) is 3.46.